The van der Waals surface area contributed by atoms with E-state index in [1.54, 1.807) is 18.2 Å². The van der Waals surface area contributed by atoms with Gasteiger partial charge in [-0.1, -0.05) is 0 Å². The van der Waals surface area contributed by atoms with Crippen molar-refractivity contribution in [1.82, 2.24) is 20.1 Å². The number of aryl methyl sites for hydroxylation is 1. The van der Waals surface area contributed by atoms with E-state index in [2.05, 4.69) is 20.5 Å². The Bertz CT molecular complexity index is 2190. The second-order valence-electron chi connectivity index (χ2n) is 14.9. The van der Waals surface area contributed by atoms with Crippen LogP contribution in [0.5, 0.6) is 0 Å². The molecule has 266 valence electrons. The van der Waals surface area contributed by atoms with Crippen LogP contribution in [-0.4, -0.2) is 82.4 Å². The van der Waals surface area contributed by atoms with Crippen molar-refractivity contribution in [2.75, 3.05) is 36.4 Å². The molecule has 1 unspecified atom stereocenters. The van der Waals surface area contributed by atoms with Gasteiger partial charge in [0.2, 0.25) is 11.8 Å². The van der Waals surface area contributed by atoms with Crippen LogP contribution in [0.1, 0.15) is 98.5 Å². The third kappa shape index (κ3) is 4.92. The summed E-state index contributed by atoms with van der Waals surface area (Å²) < 4.78 is 14.1. The molecule has 3 fully saturated rings. The highest BCUT2D eigenvalue weighted by Crippen LogP contribution is 2.46. The number of H-pyrrole nitrogens is 1. The molecule has 3 saturated heterocycles. The lowest BCUT2D eigenvalue weighted by Crippen LogP contribution is -2.54. The van der Waals surface area contributed by atoms with Crippen molar-refractivity contribution in [1.29, 1.82) is 0 Å². The Hall–Kier alpha value is -5.59. The molecule has 9 rings (SSSR count). The van der Waals surface area contributed by atoms with Gasteiger partial charge in [0.15, 0.2) is 0 Å². The summed E-state index contributed by atoms with van der Waals surface area (Å²) in [6.45, 7) is 4.73. The van der Waals surface area contributed by atoms with Gasteiger partial charge in [0, 0.05) is 60.9 Å². The summed E-state index contributed by atoms with van der Waals surface area (Å²) in [4.78, 5) is 86.2. The van der Waals surface area contributed by atoms with Crippen LogP contribution in [0.25, 0.3) is 11.1 Å². The van der Waals surface area contributed by atoms with Gasteiger partial charge >= 0.3 is 0 Å². The molecule has 6 amide bonds. The molecule has 3 N–H and O–H groups in total. The summed E-state index contributed by atoms with van der Waals surface area (Å²) in [5.74, 6) is -2.72. The van der Waals surface area contributed by atoms with E-state index in [-0.39, 0.29) is 41.2 Å². The third-order valence-electron chi connectivity index (χ3n) is 12.2. The van der Waals surface area contributed by atoms with Crippen LogP contribution in [-0.2, 0) is 20.8 Å². The molecule has 2 aromatic carbocycles. The zero-order chi connectivity index (χ0) is 36.1. The number of rotatable bonds is 3. The average molecular weight is 705 g/mol. The third-order valence-corrected chi connectivity index (χ3v) is 12.2. The standard InChI is InChI=1S/C39H37FN6O6/c1-20-31(24-5-6-25(33(24)41-20)32-27-18-21(40)2-7-28(27)42-35(32)49)38(52)45-16-12-39(13-17-45)10-14-44(15-11-39)22-3-4-23-26(19-22)37(51)46(36(23)50)29-8-9-30(47)43-34(29)48/h2-4,7,18-19,29,41H,5-6,8-17H2,1H3,(H,42,49)(H,43,47,48). The quantitative estimate of drug-likeness (QED) is 0.273. The summed E-state index contributed by atoms with van der Waals surface area (Å²) >= 11 is 0. The largest absolute Gasteiger partial charge is 0.371 e. The topological polar surface area (TPSA) is 152 Å². The summed E-state index contributed by atoms with van der Waals surface area (Å²) in [6, 6.07) is 8.55. The molecule has 52 heavy (non-hydrogen) atoms. The van der Waals surface area contributed by atoms with Gasteiger partial charge in [-0.2, -0.15) is 0 Å². The van der Waals surface area contributed by atoms with Gasteiger partial charge in [-0.05, 0) is 105 Å². The number of anilines is 2. The van der Waals surface area contributed by atoms with E-state index in [0.29, 0.717) is 48.3 Å². The molecule has 6 aliphatic rings. The Balaban J connectivity index is 0.859. The summed E-state index contributed by atoms with van der Waals surface area (Å²) in [7, 11) is 0. The van der Waals surface area contributed by atoms with E-state index in [1.165, 1.54) is 12.1 Å². The molecule has 13 heteroatoms. The number of halogens is 1. The van der Waals surface area contributed by atoms with Crippen molar-refractivity contribution in [3.63, 3.8) is 0 Å². The lowest BCUT2D eigenvalue weighted by atomic mass is 9.71. The fourth-order valence-corrected chi connectivity index (χ4v) is 9.28. The first-order valence-electron chi connectivity index (χ1n) is 18.0. The first-order valence-corrected chi connectivity index (χ1v) is 18.0. The number of allylic oxidation sites excluding steroid dienone is 1. The normalized spacial score (nSPS) is 23.6. The SMILES string of the molecule is Cc1[nH]c2c(c1C(=O)N1CCC3(CC1)CCN(c1ccc4c(c1)C(=O)N(C1CCC(=O)NC1=O)C4=O)CC3)CCC2=C1C(=O)Nc2ccc(F)cc21. The molecule has 3 aromatic rings. The Labute approximate surface area is 298 Å². The number of carbonyl (C=O) groups is 6. The Kier molecular flexibility index (Phi) is 7.29. The number of piperidine rings is 3. The number of hydrogen-bond acceptors (Lipinski definition) is 7. The number of benzene rings is 2. The van der Waals surface area contributed by atoms with Crippen LogP contribution < -0.4 is 15.5 Å². The van der Waals surface area contributed by atoms with E-state index in [9.17, 15) is 33.2 Å². The summed E-state index contributed by atoms with van der Waals surface area (Å²) in [5.41, 5.74) is 7.09. The second-order valence-corrected chi connectivity index (χ2v) is 14.9. The molecule has 1 spiro atoms. The van der Waals surface area contributed by atoms with Crippen molar-refractivity contribution in [2.45, 2.75) is 64.3 Å². The van der Waals surface area contributed by atoms with Gasteiger partial charge in [-0.15, -0.1) is 0 Å². The maximum Gasteiger partial charge on any atom is 0.262 e. The highest BCUT2D eigenvalue weighted by atomic mass is 19.1. The average Bonchev–Trinajstić information content (AvgIpc) is 3.84. The number of likely N-dealkylation sites (tertiary alicyclic amines) is 1. The summed E-state index contributed by atoms with van der Waals surface area (Å²) in [6.07, 6.45) is 5.04. The lowest BCUT2D eigenvalue weighted by Gasteiger charge is -2.47. The predicted octanol–water partition coefficient (Wildman–Crippen LogP) is 4.20. The molecule has 1 aromatic heterocycles. The van der Waals surface area contributed by atoms with Gasteiger partial charge < -0.3 is 20.1 Å². The fourth-order valence-electron chi connectivity index (χ4n) is 9.28. The molecule has 0 saturated carbocycles. The molecule has 12 nitrogen and oxygen atoms in total. The molecule has 1 atom stereocenters. The monoisotopic (exact) mass is 704 g/mol. The van der Waals surface area contributed by atoms with Crippen molar-refractivity contribution in [3.8, 4) is 0 Å². The van der Waals surface area contributed by atoms with E-state index >= 15 is 0 Å². The van der Waals surface area contributed by atoms with Crippen LogP contribution in [0.15, 0.2) is 36.4 Å². The number of imide groups is 2. The molecule has 6 heterocycles. The van der Waals surface area contributed by atoms with Crippen molar-refractivity contribution < 1.29 is 33.2 Å². The zero-order valence-electron chi connectivity index (χ0n) is 28.7. The number of hydrogen-bond donors (Lipinski definition) is 3. The van der Waals surface area contributed by atoms with E-state index in [1.807, 2.05) is 17.9 Å². The summed E-state index contributed by atoms with van der Waals surface area (Å²) in [5, 5.41) is 5.07. The Morgan fingerprint density at radius 3 is 2.31 bits per heavy atom. The van der Waals surface area contributed by atoms with Gasteiger partial charge in [0.05, 0.1) is 22.3 Å². The first kappa shape index (κ1) is 32.3. The Morgan fingerprint density at radius 1 is 0.827 bits per heavy atom. The Morgan fingerprint density at radius 2 is 1.56 bits per heavy atom. The van der Waals surface area contributed by atoms with E-state index in [0.717, 1.165) is 71.9 Å². The number of aromatic amines is 1. The number of carbonyl (C=O) groups excluding carboxylic acids is 6. The van der Waals surface area contributed by atoms with Crippen LogP contribution in [0.2, 0.25) is 0 Å². The molecule has 0 radical (unpaired) electrons. The minimum Gasteiger partial charge on any atom is -0.371 e. The van der Waals surface area contributed by atoms with Gasteiger partial charge in [-0.3, -0.25) is 39.0 Å². The highest BCUT2D eigenvalue weighted by Gasteiger charge is 2.46. The minimum absolute atomic E-state index is 0.000407. The highest BCUT2D eigenvalue weighted by molar-refractivity contribution is 6.37. The van der Waals surface area contributed by atoms with Gasteiger partial charge in [-0.25, -0.2) is 4.39 Å². The second kappa shape index (κ2) is 11.7. The van der Waals surface area contributed by atoms with E-state index < -0.39 is 35.5 Å². The van der Waals surface area contributed by atoms with Gasteiger partial charge in [0.1, 0.15) is 11.9 Å². The van der Waals surface area contributed by atoms with Gasteiger partial charge in [0.25, 0.3) is 23.6 Å². The number of amides is 6. The molecular formula is C39H37FN6O6. The van der Waals surface area contributed by atoms with E-state index in [4.69, 9.17) is 0 Å². The van der Waals surface area contributed by atoms with Crippen LogP contribution >= 0.6 is 0 Å². The maximum atomic E-state index is 14.1. The number of nitrogens with zero attached hydrogens (tertiary/aromatic N) is 3. The minimum atomic E-state index is -0.997. The van der Waals surface area contributed by atoms with Crippen LogP contribution in [0, 0.1) is 18.2 Å². The lowest BCUT2D eigenvalue weighted by molar-refractivity contribution is -0.136. The maximum absolute atomic E-state index is 14.1. The smallest absolute Gasteiger partial charge is 0.262 e. The van der Waals surface area contributed by atoms with Crippen molar-refractivity contribution in [3.05, 3.63) is 81.4 Å². The molecule has 5 aliphatic heterocycles. The van der Waals surface area contributed by atoms with Crippen molar-refractivity contribution in [2.24, 2.45) is 5.41 Å². The first-order chi connectivity index (χ1) is 25.0. The molecular weight excluding hydrogens is 667 g/mol. The molecule has 1 aliphatic carbocycles. The zero-order valence-corrected chi connectivity index (χ0v) is 28.7. The van der Waals surface area contributed by atoms with Crippen LogP contribution in [0.3, 0.4) is 0 Å². The van der Waals surface area contributed by atoms with Crippen molar-refractivity contribution >= 4 is 58.0 Å². The number of nitrogens with one attached hydrogen (secondary N) is 3. The number of fused-ring (bicyclic) bond motifs is 3. The van der Waals surface area contributed by atoms with Crippen LogP contribution in [0.4, 0.5) is 15.8 Å². The molecule has 0 bridgehead atoms. The number of aromatic nitrogens is 1. The fraction of sp³-hybridized carbons (Fsp3) is 0.385. The predicted molar refractivity (Wildman–Crippen MR) is 188 cm³/mol.